The van der Waals surface area contributed by atoms with Crippen molar-refractivity contribution in [1.82, 2.24) is 40.4 Å². The second-order valence-electron chi connectivity index (χ2n) is 30.1. The van der Waals surface area contributed by atoms with Gasteiger partial charge in [0.1, 0.15) is 17.1 Å². The number of nitrogen functional groups attached to an aromatic ring is 1. The number of aromatic carboxylic acids is 2. The Bertz CT molecular complexity index is 6440. The van der Waals surface area contributed by atoms with Gasteiger partial charge in [-0.1, -0.05) is 179 Å². The molecule has 3 amide bonds. The molecule has 0 saturated carbocycles. The number of benzene rings is 10. The van der Waals surface area contributed by atoms with Crippen LogP contribution in [0.15, 0.2) is 288 Å². The molecule has 0 radical (unpaired) electrons. The number of H-pyrrole nitrogens is 3. The van der Waals surface area contributed by atoms with Gasteiger partial charge in [0.25, 0.3) is 23.0 Å². The summed E-state index contributed by atoms with van der Waals surface area (Å²) >= 11 is 20.3. The number of nitrogens with zero attached hydrogens (tertiary/aromatic N) is 5. The van der Waals surface area contributed by atoms with Gasteiger partial charge in [0, 0.05) is 87.6 Å². The minimum absolute atomic E-state index is 0.0136. The fourth-order valence-corrected chi connectivity index (χ4v) is 18.2. The first-order valence-electron chi connectivity index (χ1n) is 40.9. The lowest BCUT2D eigenvalue weighted by Crippen LogP contribution is -2.28. The number of carbonyl (C=O) groups excluding carboxylic acids is 8. The van der Waals surface area contributed by atoms with Gasteiger partial charge in [-0.15, -0.1) is 63.5 Å². The van der Waals surface area contributed by atoms with E-state index < -0.39 is 46.8 Å². The van der Waals surface area contributed by atoms with Crippen LogP contribution in [-0.4, -0.2) is 136 Å². The molecule has 0 aliphatic heterocycles. The van der Waals surface area contributed by atoms with Crippen LogP contribution in [0.4, 0.5) is 28.1 Å². The summed E-state index contributed by atoms with van der Waals surface area (Å²) in [6, 6.07) is 80.6. The number of nitrogens with one attached hydrogen (secondary N) is 6. The molecule has 0 unspecified atom stereocenters. The van der Waals surface area contributed by atoms with E-state index in [1.165, 1.54) is 66.2 Å². The number of rotatable bonds is 27. The molecule has 135 heavy (non-hydrogen) atoms. The maximum absolute atomic E-state index is 12.8. The van der Waals surface area contributed by atoms with E-state index in [9.17, 15) is 47.9 Å². The predicted molar refractivity (Wildman–Crippen MR) is 537 cm³/mol. The van der Waals surface area contributed by atoms with E-state index in [0.717, 1.165) is 57.8 Å². The molecule has 10 aromatic carbocycles. The minimum atomic E-state index is -1.16. The largest absolute Gasteiger partial charge is 0.478 e. The molecule has 0 aliphatic rings. The number of aryl methyl sites for hydroxylation is 5. The molecular weight excluding hydrogens is 1970 g/mol. The van der Waals surface area contributed by atoms with Crippen LogP contribution in [0, 0.1) is 34.6 Å². The highest BCUT2D eigenvalue weighted by Crippen LogP contribution is 2.34. The first-order valence-corrected chi connectivity index (χ1v) is 47.8. The van der Waals surface area contributed by atoms with E-state index in [1.807, 2.05) is 134 Å². The third kappa shape index (κ3) is 33.1. The molecule has 0 aliphatic carbocycles. The third-order valence-corrected chi connectivity index (χ3v) is 25.5. The van der Waals surface area contributed by atoms with Crippen LogP contribution in [0.25, 0.3) is 0 Å². The number of aromatic nitrogens is 8. The van der Waals surface area contributed by atoms with Crippen LogP contribution in [0.1, 0.15) is 170 Å². The van der Waals surface area contributed by atoms with Crippen LogP contribution < -0.4 is 21.7 Å². The zero-order valence-electron chi connectivity index (χ0n) is 74.9. The number of methoxy groups -OCH3 is 3. The lowest BCUT2D eigenvalue weighted by atomic mass is 10.1. The molecule has 36 heteroatoms. The predicted octanol–water partition coefficient (Wildman–Crippen LogP) is 23.3. The summed E-state index contributed by atoms with van der Waals surface area (Å²) in [7, 11) is 3.77. The Morgan fingerprint density at radius 1 is 0.400 bits per heavy atom. The summed E-state index contributed by atoms with van der Waals surface area (Å²) in [5, 5.41) is 48.8. The number of hydrogen-bond acceptors (Lipinski definition) is 24. The topological polar surface area (TPSA) is 414 Å². The number of carboxylic acid groups (broad SMARTS) is 2. The lowest BCUT2D eigenvalue weighted by molar-refractivity contribution is 0.0511. The molecule has 0 atom stereocenters. The highest BCUT2D eigenvalue weighted by atomic mass is 79.9. The second-order valence-corrected chi connectivity index (χ2v) is 37.2. The summed E-state index contributed by atoms with van der Waals surface area (Å²) in [5.74, 6) is -0.720. The van der Waals surface area contributed by atoms with Crippen molar-refractivity contribution in [2.75, 3.05) is 43.0 Å². The van der Waals surface area contributed by atoms with Crippen molar-refractivity contribution in [3.8, 4) is 0 Å². The molecule has 4 aromatic heterocycles. The fraction of sp³-hybridized carbons (Fsp3) is 0.172. The van der Waals surface area contributed by atoms with Crippen LogP contribution in [0.5, 0.6) is 0 Å². The Balaban J connectivity index is 0.000000184. The van der Waals surface area contributed by atoms with Crippen molar-refractivity contribution in [3.63, 3.8) is 0 Å². The summed E-state index contributed by atoms with van der Waals surface area (Å²) in [4.78, 5) is 123. The average Bonchev–Trinajstić information content (AvgIpc) is 1.72. The van der Waals surface area contributed by atoms with Gasteiger partial charge in [0.05, 0.1) is 35.8 Å². The van der Waals surface area contributed by atoms with Crippen LogP contribution in [0.3, 0.4) is 0 Å². The standard InChI is InChI=1S/C20H18BrN3O3S.C20H19N3O3S.C19H16BrN3O3S.C15H13ClOS.C15H14O2S.C10H15N3O4/c1-12-6-5-8-14(10-12)28-11-13-7-3-4-9-15(13)19(25)22-18-16(21)17(23-24-18)20(26)27-2;1-13-6-5-8-15(10-13)27-12-14-7-3-4-9-16(14)19(24)21-18-11-17(22-23-18)20(25)26-2;1-11-5-4-7-13(9-11)27-10-12-6-2-3-8-14(12)18(24)21-17-15(20)16(19(25)26)22-23-17;2*1-11-5-4-7-13(9-11)18-10-12-6-2-3-8-14(12)15(16)17;1-10(2,3)17-9(15)13-7(11)5-6(12-13)8(14)16-4/h3-10H,11H2,1-2H3,(H2,22,23,24,25);3-11H,12H2,1-2H3,(H2,21,22,23,24);2-9H,10H2,1H3,(H,25,26)(H2,21,22,23,24);2-9H,10H2,1H3;2-9H,10H2,1H3,(H,16,17);5H,11H2,1-4H3. The molecule has 28 nitrogen and oxygen atoms in total. The molecule has 698 valence electrons. The van der Waals surface area contributed by atoms with E-state index in [2.05, 4.69) is 198 Å². The highest BCUT2D eigenvalue weighted by molar-refractivity contribution is 9.11. The van der Waals surface area contributed by atoms with E-state index in [-0.39, 0.29) is 68.2 Å². The number of carboxylic acids is 2. The van der Waals surface area contributed by atoms with Gasteiger partial charge in [-0.05, 0) is 218 Å². The number of amides is 3. The second kappa shape index (κ2) is 52.4. The van der Waals surface area contributed by atoms with Gasteiger partial charge in [-0.3, -0.25) is 34.5 Å². The summed E-state index contributed by atoms with van der Waals surface area (Å²) in [5.41, 5.74) is 18.2. The molecule has 14 rings (SSSR count). The smallest absolute Gasteiger partial charge is 0.437 e. The van der Waals surface area contributed by atoms with Crippen molar-refractivity contribution in [1.29, 1.82) is 0 Å². The Morgan fingerprint density at radius 2 is 0.726 bits per heavy atom. The van der Waals surface area contributed by atoms with Gasteiger partial charge in [0.2, 0.25) is 0 Å². The average molecular weight is 2060 g/mol. The molecule has 0 bridgehead atoms. The van der Waals surface area contributed by atoms with E-state index >= 15 is 0 Å². The van der Waals surface area contributed by atoms with Crippen LogP contribution >= 0.6 is 102 Å². The summed E-state index contributed by atoms with van der Waals surface area (Å²) in [6.45, 7) is 15.4. The number of hydrogen-bond donors (Lipinski definition) is 9. The Labute approximate surface area is 822 Å². The molecule has 10 N–H and O–H groups in total. The summed E-state index contributed by atoms with van der Waals surface area (Å²) in [6.07, 6.45) is -0.745. The van der Waals surface area contributed by atoms with Crippen molar-refractivity contribution in [3.05, 3.63) is 370 Å². The number of thioether (sulfide) groups is 5. The normalized spacial score (nSPS) is 10.5. The van der Waals surface area contributed by atoms with E-state index in [0.29, 0.717) is 55.3 Å². The molecular formula is C99H95Br2ClN12O16S5. The Hall–Kier alpha value is -13.3. The lowest BCUT2D eigenvalue weighted by Gasteiger charge is -2.19. The first kappa shape index (κ1) is 105. The van der Waals surface area contributed by atoms with Crippen molar-refractivity contribution < 1.29 is 77.1 Å². The molecule has 0 spiro atoms. The number of esters is 3. The number of aromatic amines is 3. The summed E-state index contributed by atoms with van der Waals surface area (Å²) < 4.78 is 20.2. The Kier molecular flexibility index (Phi) is 40.9. The fourth-order valence-electron chi connectivity index (χ4n) is 12.0. The zero-order valence-corrected chi connectivity index (χ0v) is 82.9. The molecule has 4 heterocycles. The number of ether oxygens (including phenoxy) is 4. The molecule has 0 fully saturated rings. The van der Waals surface area contributed by atoms with Gasteiger partial charge >= 0.3 is 35.9 Å². The van der Waals surface area contributed by atoms with Crippen LogP contribution in [0.2, 0.25) is 0 Å². The van der Waals surface area contributed by atoms with E-state index in [4.69, 9.17) is 32.3 Å². The van der Waals surface area contributed by atoms with Crippen molar-refractivity contribution in [2.45, 2.75) is 114 Å². The maximum atomic E-state index is 12.8. The van der Waals surface area contributed by atoms with Crippen molar-refractivity contribution >= 4 is 184 Å². The monoisotopic (exact) mass is 2060 g/mol. The zero-order chi connectivity index (χ0) is 97.8. The SMILES string of the molecule is COC(=O)c1[nH]nc(NC(=O)c2ccccc2CSc2cccc(C)c2)c1Br.COC(=O)c1cc(N)n(C(=O)OC(C)(C)C)n1.COC(=O)c1cc(NC(=O)c2ccccc2CSc2cccc(C)c2)n[nH]1.Cc1cccc(SCc2ccccc2C(=O)Cl)c1.Cc1cccc(SCc2ccccc2C(=O)Nc2n[nH]c(C(=O)O)c2Br)c1.Cc1cccc(SCc2ccccc2C(=O)O)c1. The number of carbonyl (C=O) groups is 10. The van der Waals surface area contributed by atoms with Gasteiger partial charge < -0.3 is 50.8 Å². The first-order chi connectivity index (χ1) is 64.6. The quantitative estimate of drug-likeness (QED) is 0.00999. The number of anilines is 4. The van der Waals surface area contributed by atoms with Crippen LogP contribution in [-0.2, 0) is 47.7 Å². The van der Waals surface area contributed by atoms with Crippen molar-refractivity contribution in [2.24, 2.45) is 0 Å². The van der Waals surface area contributed by atoms with E-state index in [1.54, 1.807) is 122 Å². The number of nitrogens with two attached hydrogens (primary N) is 1. The third-order valence-electron chi connectivity index (χ3n) is 18.6. The minimum Gasteiger partial charge on any atom is -0.478 e. The van der Waals surface area contributed by atoms with Gasteiger partial charge in [0.15, 0.2) is 34.5 Å². The van der Waals surface area contributed by atoms with Gasteiger partial charge in [-0.2, -0.15) is 20.4 Å². The molecule has 0 saturated heterocycles. The Morgan fingerprint density at radius 3 is 1.06 bits per heavy atom. The number of halogens is 3. The highest BCUT2D eigenvalue weighted by Gasteiger charge is 2.26. The van der Waals surface area contributed by atoms with Gasteiger partial charge in [-0.25, -0.2) is 28.8 Å². The maximum Gasteiger partial charge on any atom is 0.437 e. The molecule has 14 aromatic rings.